The van der Waals surface area contributed by atoms with E-state index in [2.05, 4.69) is 62.7 Å². The average Bonchev–Trinajstić information content (AvgIpc) is 3.09. The van der Waals surface area contributed by atoms with E-state index in [-0.39, 0.29) is 21.6 Å². The van der Waals surface area contributed by atoms with Crippen LogP contribution in [0.1, 0.15) is 90.5 Å². The highest BCUT2D eigenvalue weighted by Crippen LogP contribution is 2.37. The number of nitrogens with two attached hydrogens (primary N) is 1. The van der Waals surface area contributed by atoms with Crippen LogP contribution in [0.4, 0.5) is 0 Å². The summed E-state index contributed by atoms with van der Waals surface area (Å²) in [5.74, 6) is 0.475. The van der Waals surface area contributed by atoms with Gasteiger partial charge >= 0.3 is 0 Å². The first-order valence-electron chi connectivity index (χ1n) is 12.7. The van der Waals surface area contributed by atoms with Gasteiger partial charge in [-0.15, -0.1) is 0 Å². The van der Waals surface area contributed by atoms with Gasteiger partial charge in [0.25, 0.3) is 0 Å². The number of primary sulfonamides is 1. The molecular weight excluding hydrogens is 458 g/mol. The van der Waals surface area contributed by atoms with E-state index >= 15 is 0 Å². The van der Waals surface area contributed by atoms with Crippen molar-refractivity contribution in [1.29, 1.82) is 0 Å². The predicted octanol–water partition coefficient (Wildman–Crippen LogP) is 5.40. The van der Waals surface area contributed by atoms with E-state index in [9.17, 15) is 13.2 Å². The van der Waals surface area contributed by atoms with Gasteiger partial charge in [-0.3, -0.25) is 4.79 Å². The predicted molar refractivity (Wildman–Crippen MR) is 143 cm³/mol. The molecule has 1 amide bonds. The number of nitrogens with zero attached hydrogens (tertiary/aromatic N) is 1. The van der Waals surface area contributed by atoms with Crippen LogP contribution in [0.15, 0.2) is 29.2 Å². The normalized spacial score (nSPS) is 15.9. The summed E-state index contributed by atoms with van der Waals surface area (Å²) < 4.78 is 27.1. The zero-order chi connectivity index (χ0) is 26.2. The third kappa shape index (κ3) is 6.56. The molecule has 1 fully saturated rings. The van der Waals surface area contributed by atoms with Crippen molar-refractivity contribution in [2.24, 2.45) is 11.1 Å². The molecule has 1 aromatic carbocycles. The van der Waals surface area contributed by atoms with Gasteiger partial charge < -0.3 is 9.88 Å². The number of hydrogen-bond donors (Lipinski definition) is 2. The second-order valence-corrected chi connectivity index (χ2v) is 13.5. The first-order chi connectivity index (χ1) is 16.1. The van der Waals surface area contributed by atoms with E-state index in [1.165, 1.54) is 44.6 Å². The Labute approximate surface area is 211 Å². The lowest BCUT2D eigenvalue weighted by atomic mass is 9.78. The molecule has 1 aromatic heterocycles. The average molecular weight is 502 g/mol. The Morgan fingerprint density at radius 1 is 1.03 bits per heavy atom. The minimum Gasteiger partial charge on any atom is -0.355 e. The molecule has 0 aliphatic heterocycles. The van der Waals surface area contributed by atoms with Crippen LogP contribution in [-0.4, -0.2) is 25.4 Å². The molecule has 1 saturated carbocycles. The number of carbonyl (C=O) groups excluding carboxylic acids is 1. The zero-order valence-corrected chi connectivity index (χ0v) is 23.3. The van der Waals surface area contributed by atoms with Crippen LogP contribution in [0, 0.1) is 12.8 Å². The molecule has 35 heavy (non-hydrogen) atoms. The first-order valence-corrected chi connectivity index (χ1v) is 14.3. The first kappa shape index (κ1) is 27.5. The molecule has 0 spiro atoms. The summed E-state index contributed by atoms with van der Waals surface area (Å²) in [6, 6.07) is 8.29. The number of hydrogen-bond acceptors (Lipinski definition) is 3. The summed E-state index contributed by atoms with van der Waals surface area (Å²) >= 11 is 0. The molecule has 1 aliphatic rings. The molecule has 1 heterocycles. The van der Waals surface area contributed by atoms with Crippen molar-refractivity contribution >= 4 is 15.9 Å². The highest BCUT2D eigenvalue weighted by molar-refractivity contribution is 7.89. The SMILES string of the molecule is CC(=O)NCC(C)(C)c1cc(-c2cc(S(N)(=O)=O)c(C)n2CC2CCCCC2)cc(C(C)(C)C)c1. The number of carbonyl (C=O) groups is 1. The monoisotopic (exact) mass is 501 g/mol. The topological polar surface area (TPSA) is 94.2 Å². The molecule has 1 aliphatic carbocycles. The van der Waals surface area contributed by atoms with Gasteiger partial charge in [0.1, 0.15) is 4.90 Å². The smallest absolute Gasteiger partial charge is 0.239 e. The van der Waals surface area contributed by atoms with Gasteiger partial charge in [-0.25, -0.2) is 13.6 Å². The molecule has 0 radical (unpaired) electrons. The Morgan fingerprint density at radius 3 is 2.17 bits per heavy atom. The fourth-order valence-corrected chi connectivity index (χ4v) is 5.86. The molecule has 0 unspecified atom stereocenters. The van der Waals surface area contributed by atoms with Gasteiger partial charge in [0, 0.05) is 36.8 Å². The molecule has 0 saturated heterocycles. The second kappa shape index (κ2) is 10.1. The van der Waals surface area contributed by atoms with Crippen LogP contribution < -0.4 is 10.5 Å². The quantitative estimate of drug-likeness (QED) is 0.532. The standard InChI is InChI=1S/C28H43N3O3S/c1-19-26(35(29,33)34)16-25(31(19)17-21-11-9-8-10-12-21)22-13-23(27(3,4)5)15-24(14-22)28(6,7)18-30-20(2)32/h13-16,21H,8-12,17-18H2,1-7H3,(H,30,32)(H2,29,33,34). The maximum absolute atomic E-state index is 12.5. The van der Waals surface area contributed by atoms with Gasteiger partial charge in [0.05, 0.1) is 0 Å². The summed E-state index contributed by atoms with van der Waals surface area (Å²) in [7, 11) is -3.85. The molecule has 194 valence electrons. The lowest BCUT2D eigenvalue weighted by Crippen LogP contribution is -2.35. The largest absolute Gasteiger partial charge is 0.355 e. The van der Waals surface area contributed by atoms with Crippen molar-refractivity contribution in [2.75, 3.05) is 6.54 Å². The molecule has 7 heteroatoms. The third-order valence-corrected chi connectivity index (χ3v) is 8.47. The molecule has 6 nitrogen and oxygen atoms in total. The maximum Gasteiger partial charge on any atom is 0.239 e. The van der Waals surface area contributed by atoms with E-state index in [1.807, 2.05) is 6.92 Å². The Hall–Kier alpha value is -2.12. The second-order valence-electron chi connectivity index (χ2n) is 12.0. The zero-order valence-electron chi connectivity index (χ0n) is 22.5. The number of sulfonamides is 1. The molecule has 0 atom stereocenters. The van der Waals surface area contributed by atoms with Gasteiger partial charge in [-0.05, 0) is 66.0 Å². The molecule has 3 rings (SSSR count). The van der Waals surface area contributed by atoms with Crippen molar-refractivity contribution in [3.8, 4) is 11.3 Å². The summed E-state index contributed by atoms with van der Waals surface area (Å²) in [4.78, 5) is 11.8. The summed E-state index contributed by atoms with van der Waals surface area (Å²) in [5.41, 5.74) is 4.44. The lowest BCUT2D eigenvalue weighted by molar-refractivity contribution is -0.119. The van der Waals surface area contributed by atoms with Crippen LogP contribution in [0.3, 0.4) is 0 Å². The Kier molecular flexibility index (Phi) is 7.92. The van der Waals surface area contributed by atoms with Crippen molar-refractivity contribution < 1.29 is 13.2 Å². The third-order valence-electron chi connectivity index (χ3n) is 7.45. The Bertz CT molecular complexity index is 1180. The summed E-state index contributed by atoms with van der Waals surface area (Å²) in [6.45, 7) is 15.5. The van der Waals surface area contributed by atoms with Crippen LogP contribution in [0.2, 0.25) is 0 Å². The number of aromatic nitrogens is 1. The highest BCUT2D eigenvalue weighted by Gasteiger charge is 2.28. The van der Waals surface area contributed by atoms with Crippen LogP contribution in [0.25, 0.3) is 11.3 Å². The van der Waals surface area contributed by atoms with Crippen molar-refractivity contribution in [1.82, 2.24) is 9.88 Å². The maximum atomic E-state index is 12.5. The number of rotatable bonds is 7. The summed E-state index contributed by atoms with van der Waals surface area (Å²) in [6.07, 6.45) is 6.06. The molecule has 3 N–H and O–H groups in total. The molecular formula is C28H43N3O3S. The minimum absolute atomic E-state index is 0.0555. The number of benzene rings is 1. The summed E-state index contributed by atoms with van der Waals surface area (Å²) in [5, 5.41) is 8.60. The van der Waals surface area contributed by atoms with Gasteiger partial charge in [0.2, 0.25) is 15.9 Å². The van der Waals surface area contributed by atoms with E-state index in [0.717, 1.165) is 23.4 Å². The van der Waals surface area contributed by atoms with E-state index in [1.54, 1.807) is 6.07 Å². The van der Waals surface area contributed by atoms with Crippen molar-refractivity contribution in [2.45, 2.75) is 103 Å². The van der Waals surface area contributed by atoms with Gasteiger partial charge in [-0.2, -0.15) is 0 Å². The number of nitrogens with one attached hydrogen (secondary N) is 1. The van der Waals surface area contributed by atoms with Crippen molar-refractivity contribution in [3.63, 3.8) is 0 Å². The highest BCUT2D eigenvalue weighted by atomic mass is 32.2. The van der Waals surface area contributed by atoms with Crippen molar-refractivity contribution in [3.05, 3.63) is 41.1 Å². The van der Waals surface area contributed by atoms with Crippen LogP contribution >= 0.6 is 0 Å². The molecule has 0 bridgehead atoms. The lowest BCUT2D eigenvalue weighted by Gasteiger charge is -2.30. The van der Waals surface area contributed by atoms with Crippen LogP contribution in [-0.2, 0) is 32.2 Å². The fraction of sp³-hybridized carbons (Fsp3) is 0.607. The Balaban J connectivity index is 2.20. The van der Waals surface area contributed by atoms with Gasteiger partial charge in [-0.1, -0.05) is 59.9 Å². The van der Waals surface area contributed by atoms with Gasteiger partial charge in [0.15, 0.2) is 0 Å². The number of amides is 1. The van der Waals surface area contributed by atoms with Crippen LogP contribution in [0.5, 0.6) is 0 Å². The van der Waals surface area contributed by atoms with E-state index in [0.29, 0.717) is 18.2 Å². The molecule has 2 aromatic rings. The fourth-order valence-electron chi connectivity index (χ4n) is 5.06. The van der Waals surface area contributed by atoms with E-state index < -0.39 is 10.0 Å². The van der Waals surface area contributed by atoms with E-state index in [4.69, 9.17) is 5.14 Å². The minimum atomic E-state index is -3.85. The Morgan fingerprint density at radius 2 is 1.63 bits per heavy atom.